The van der Waals surface area contributed by atoms with Gasteiger partial charge in [-0.05, 0) is 25.0 Å². The van der Waals surface area contributed by atoms with Crippen LogP contribution in [0.2, 0.25) is 0 Å². The van der Waals surface area contributed by atoms with Crippen molar-refractivity contribution in [2.45, 2.75) is 31.8 Å². The maximum atomic E-state index is 10.7. The van der Waals surface area contributed by atoms with Crippen LogP contribution in [0.15, 0.2) is 36.5 Å². The molecule has 0 radical (unpaired) electrons. The summed E-state index contributed by atoms with van der Waals surface area (Å²) in [5, 5.41) is 17.6. The maximum absolute atomic E-state index is 10.7. The molecule has 3 rings (SSSR count). The van der Waals surface area contributed by atoms with Crippen LogP contribution in [-0.2, 0) is 11.3 Å². The molecule has 1 fully saturated rings. The fraction of sp³-hybridized carbons (Fsp3) is 0.400. The van der Waals surface area contributed by atoms with E-state index in [0.717, 1.165) is 24.2 Å². The molecule has 0 aliphatic heterocycles. The lowest BCUT2D eigenvalue weighted by Gasteiger charge is -2.19. The van der Waals surface area contributed by atoms with Crippen LogP contribution >= 0.6 is 0 Å². The number of carbonyl (C=O) groups is 1. The normalized spacial score (nSPS) is 14.5. The van der Waals surface area contributed by atoms with Gasteiger partial charge in [-0.1, -0.05) is 18.2 Å². The Morgan fingerprint density at radius 1 is 1.33 bits per heavy atom. The van der Waals surface area contributed by atoms with E-state index in [1.165, 1.54) is 0 Å². The molecule has 1 aromatic heterocycles. The molecule has 6 heteroatoms. The average molecular weight is 286 g/mol. The molecular formula is C15H18N4O2. The van der Waals surface area contributed by atoms with Crippen molar-refractivity contribution in [1.82, 2.24) is 19.9 Å². The minimum atomic E-state index is -0.756. The Labute approximate surface area is 123 Å². The molecule has 0 saturated heterocycles. The van der Waals surface area contributed by atoms with Gasteiger partial charge in [0.05, 0.1) is 24.0 Å². The molecule has 1 saturated carbocycles. The minimum absolute atomic E-state index is 0.170. The van der Waals surface area contributed by atoms with Gasteiger partial charge in [0.2, 0.25) is 0 Å². The number of aromatic nitrogens is 3. The zero-order chi connectivity index (χ0) is 14.7. The molecule has 110 valence electrons. The molecule has 2 aromatic rings. The first kappa shape index (κ1) is 13.8. The molecule has 0 atom stereocenters. The molecule has 0 amide bonds. The van der Waals surface area contributed by atoms with Crippen LogP contribution in [0.5, 0.6) is 0 Å². The Morgan fingerprint density at radius 2 is 2.10 bits per heavy atom. The second kappa shape index (κ2) is 6.05. The summed E-state index contributed by atoms with van der Waals surface area (Å²) in [5.41, 5.74) is 1.79. The highest BCUT2D eigenvalue weighted by molar-refractivity contribution is 5.66. The number of para-hydroxylation sites is 1. The van der Waals surface area contributed by atoms with Crippen LogP contribution in [0.4, 0.5) is 0 Å². The fourth-order valence-electron chi connectivity index (χ4n) is 2.33. The molecular weight excluding hydrogens is 268 g/mol. The number of benzene rings is 1. The Balaban J connectivity index is 1.66. The number of nitrogens with zero attached hydrogens (tertiary/aromatic N) is 4. The van der Waals surface area contributed by atoms with Crippen LogP contribution in [0.25, 0.3) is 5.69 Å². The summed E-state index contributed by atoms with van der Waals surface area (Å²) < 4.78 is 0. The van der Waals surface area contributed by atoms with Crippen LogP contribution in [-0.4, -0.2) is 43.6 Å². The zero-order valence-electron chi connectivity index (χ0n) is 11.7. The van der Waals surface area contributed by atoms with Crippen LogP contribution < -0.4 is 0 Å². The third-order valence-corrected chi connectivity index (χ3v) is 3.57. The van der Waals surface area contributed by atoms with E-state index in [0.29, 0.717) is 19.1 Å². The van der Waals surface area contributed by atoms with E-state index in [1.807, 2.05) is 30.3 Å². The van der Waals surface area contributed by atoms with Gasteiger partial charge in [0.15, 0.2) is 0 Å². The Morgan fingerprint density at radius 3 is 2.76 bits per heavy atom. The summed E-state index contributed by atoms with van der Waals surface area (Å²) in [6.07, 6.45) is 4.21. The van der Waals surface area contributed by atoms with E-state index >= 15 is 0 Å². The lowest BCUT2D eigenvalue weighted by atomic mass is 10.3. The third-order valence-electron chi connectivity index (χ3n) is 3.57. The molecule has 1 aromatic carbocycles. The number of carboxylic acid groups (broad SMARTS) is 1. The SMILES string of the molecule is O=C(O)CCN(Cc1cnn(-c2ccccc2)n1)C1CC1. The van der Waals surface area contributed by atoms with E-state index in [4.69, 9.17) is 5.11 Å². The summed E-state index contributed by atoms with van der Waals surface area (Å²) >= 11 is 0. The zero-order valence-corrected chi connectivity index (χ0v) is 11.7. The van der Waals surface area contributed by atoms with Crippen LogP contribution in [0.3, 0.4) is 0 Å². The van der Waals surface area contributed by atoms with Gasteiger partial charge < -0.3 is 5.11 Å². The second-order valence-electron chi connectivity index (χ2n) is 5.31. The van der Waals surface area contributed by atoms with Crippen molar-refractivity contribution in [3.63, 3.8) is 0 Å². The second-order valence-corrected chi connectivity index (χ2v) is 5.31. The van der Waals surface area contributed by atoms with E-state index < -0.39 is 5.97 Å². The average Bonchev–Trinajstić information content (AvgIpc) is 3.23. The first-order valence-corrected chi connectivity index (χ1v) is 7.15. The van der Waals surface area contributed by atoms with Crippen LogP contribution in [0, 0.1) is 0 Å². The Bertz CT molecular complexity index is 607. The van der Waals surface area contributed by atoms with Crippen molar-refractivity contribution in [2.75, 3.05) is 6.54 Å². The van der Waals surface area contributed by atoms with Crippen molar-refractivity contribution in [1.29, 1.82) is 0 Å². The molecule has 1 heterocycles. The summed E-state index contributed by atoms with van der Waals surface area (Å²) in [5.74, 6) is -0.756. The largest absolute Gasteiger partial charge is 0.481 e. The number of carboxylic acids is 1. The summed E-state index contributed by atoms with van der Waals surface area (Å²) in [6.45, 7) is 1.23. The van der Waals surface area contributed by atoms with Gasteiger partial charge >= 0.3 is 5.97 Å². The first-order valence-electron chi connectivity index (χ1n) is 7.15. The molecule has 21 heavy (non-hydrogen) atoms. The standard InChI is InChI=1S/C15H18N4O2/c20-15(21)8-9-18(13-6-7-13)11-12-10-16-19(17-12)14-4-2-1-3-5-14/h1-5,10,13H,6-9,11H2,(H,20,21). The predicted octanol–water partition coefficient (Wildman–Crippen LogP) is 1.71. The molecule has 1 aliphatic rings. The summed E-state index contributed by atoms with van der Waals surface area (Å²) in [4.78, 5) is 14.5. The van der Waals surface area contributed by atoms with E-state index in [2.05, 4.69) is 15.1 Å². The number of hydrogen-bond donors (Lipinski definition) is 1. The topological polar surface area (TPSA) is 71.2 Å². The molecule has 1 N–H and O–H groups in total. The number of rotatable bonds is 7. The predicted molar refractivity (Wildman–Crippen MR) is 77.0 cm³/mol. The third kappa shape index (κ3) is 3.66. The van der Waals surface area contributed by atoms with E-state index in [9.17, 15) is 4.79 Å². The first-order chi connectivity index (χ1) is 10.2. The molecule has 6 nitrogen and oxygen atoms in total. The molecule has 0 bridgehead atoms. The van der Waals surface area contributed by atoms with Gasteiger partial charge in [0.25, 0.3) is 0 Å². The molecule has 1 aliphatic carbocycles. The van der Waals surface area contributed by atoms with Gasteiger partial charge in [0, 0.05) is 19.1 Å². The van der Waals surface area contributed by atoms with Gasteiger partial charge in [-0.25, -0.2) is 0 Å². The summed E-state index contributed by atoms with van der Waals surface area (Å²) in [7, 11) is 0. The minimum Gasteiger partial charge on any atom is -0.481 e. The van der Waals surface area contributed by atoms with E-state index in [1.54, 1.807) is 11.0 Å². The molecule has 0 spiro atoms. The quantitative estimate of drug-likeness (QED) is 0.839. The highest BCUT2D eigenvalue weighted by atomic mass is 16.4. The van der Waals surface area contributed by atoms with Crippen molar-refractivity contribution in [2.24, 2.45) is 0 Å². The van der Waals surface area contributed by atoms with Crippen LogP contribution in [0.1, 0.15) is 25.0 Å². The highest BCUT2D eigenvalue weighted by Gasteiger charge is 2.29. The van der Waals surface area contributed by atoms with Crippen molar-refractivity contribution in [3.05, 3.63) is 42.2 Å². The molecule has 0 unspecified atom stereocenters. The van der Waals surface area contributed by atoms with Crippen molar-refractivity contribution >= 4 is 5.97 Å². The van der Waals surface area contributed by atoms with Gasteiger partial charge in [-0.3, -0.25) is 9.69 Å². The fourth-order valence-corrected chi connectivity index (χ4v) is 2.33. The van der Waals surface area contributed by atoms with Gasteiger partial charge in [-0.15, -0.1) is 0 Å². The summed E-state index contributed by atoms with van der Waals surface area (Å²) in [6, 6.07) is 10.3. The van der Waals surface area contributed by atoms with Crippen molar-refractivity contribution in [3.8, 4) is 5.69 Å². The lowest BCUT2D eigenvalue weighted by Crippen LogP contribution is -2.28. The smallest absolute Gasteiger partial charge is 0.304 e. The van der Waals surface area contributed by atoms with Gasteiger partial charge in [0.1, 0.15) is 0 Å². The Kier molecular flexibility index (Phi) is 3.96. The van der Waals surface area contributed by atoms with E-state index in [-0.39, 0.29) is 6.42 Å². The number of aliphatic carboxylic acids is 1. The highest BCUT2D eigenvalue weighted by Crippen LogP contribution is 2.28. The van der Waals surface area contributed by atoms with Crippen molar-refractivity contribution < 1.29 is 9.90 Å². The lowest BCUT2D eigenvalue weighted by molar-refractivity contribution is -0.137. The monoisotopic (exact) mass is 286 g/mol. The Hall–Kier alpha value is -2.21. The maximum Gasteiger partial charge on any atom is 0.304 e. The number of hydrogen-bond acceptors (Lipinski definition) is 4. The van der Waals surface area contributed by atoms with Gasteiger partial charge in [-0.2, -0.15) is 15.0 Å².